The van der Waals surface area contributed by atoms with Gasteiger partial charge in [-0.1, -0.05) is 6.07 Å². The summed E-state index contributed by atoms with van der Waals surface area (Å²) in [6.07, 6.45) is 3.78. The van der Waals surface area contributed by atoms with E-state index in [0.29, 0.717) is 0 Å². The number of hydrogen-bond donors (Lipinski definition) is 0. The van der Waals surface area contributed by atoms with E-state index in [0.717, 1.165) is 28.8 Å². The van der Waals surface area contributed by atoms with Gasteiger partial charge in [0.2, 0.25) is 0 Å². The molecule has 2 nitrogen and oxygen atoms in total. The molecule has 0 amide bonds. The standard InChI is InChI=1S/C12H13BrN2/c13-11-5-4-6-12(10(11)9-14)15-7-2-1-3-8-15/h4-6H,1-3,7-8H2. The summed E-state index contributed by atoms with van der Waals surface area (Å²) in [5.74, 6) is 0. The highest BCUT2D eigenvalue weighted by Gasteiger charge is 2.15. The molecule has 0 spiro atoms. The SMILES string of the molecule is N#Cc1c(Br)cccc1N1CCCCC1. The number of nitriles is 1. The van der Waals surface area contributed by atoms with Crippen molar-refractivity contribution < 1.29 is 0 Å². The maximum absolute atomic E-state index is 9.12. The van der Waals surface area contributed by atoms with Crippen LogP contribution in [0, 0.1) is 11.3 Å². The molecule has 1 aromatic carbocycles. The smallest absolute Gasteiger partial charge is 0.103 e. The van der Waals surface area contributed by atoms with E-state index in [1.165, 1.54) is 19.3 Å². The Bertz CT molecular complexity index is 389. The summed E-state index contributed by atoms with van der Waals surface area (Å²) in [5.41, 5.74) is 1.84. The van der Waals surface area contributed by atoms with Crippen molar-refractivity contribution in [3.8, 4) is 6.07 Å². The first-order chi connectivity index (χ1) is 7.33. The molecule has 0 unspecified atom stereocenters. The predicted octanol–water partition coefficient (Wildman–Crippen LogP) is 3.31. The molecule has 0 radical (unpaired) electrons. The maximum atomic E-state index is 9.12. The fourth-order valence-electron chi connectivity index (χ4n) is 2.02. The van der Waals surface area contributed by atoms with Gasteiger partial charge < -0.3 is 4.90 Å². The molecule has 15 heavy (non-hydrogen) atoms. The minimum Gasteiger partial charge on any atom is -0.370 e. The number of benzene rings is 1. The predicted molar refractivity (Wildman–Crippen MR) is 64.9 cm³/mol. The molecule has 1 aliphatic heterocycles. The van der Waals surface area contributed by atoms with Crippen LogP contribution in [0.15, 0.2) is 22.7 Å². The van der Waals surface area contributed by atoms with Crippen LogP contribution >= 0.6 is 15.9 Å². The molecule has 1 heterocycles. The lowest BCUT2D eigenvalue weighted by atomic mass is 10.1. The molecular weight excluding hydrogens is 252 g/mol. The molecule has 1 saturated heterocycles. The summed E-state index contributed by atoms with van der Waals surface area (Å²) in [6, 6.07) is 8.23. The van der Waals surface area contributed by atoms with Gasteiger partial charge in [0.05, 0.1) is 11.3 Å². The number of nitrogens with zero attached hydrogens (tertiary/aromatic N) is 2. The van der Waals surface area contributed by atoms with Crippen LogP contribution < -0.4 is 4.90 Å². The van der Waals surface area contributed by atoms with E-state index >= 15 is 0 Å². The summed E-state index contributed by atoms with van der Waals surface area (Å²) < 4.78 is 0.896. The molecule has 1 fully saturated rings. The number of piperidine rings is 1. The van der Waals surface area contributed by atoms with Gasteiger partial charge in [-0.2, -0.15) is 5.26 Å². The molecule has 3 heteroatoms. The van der Waals surface area contributed by atoms with Crippen molar-refractivity contribution in [2.75, 3.05) is 18.0 Å². The van der Waals surface area contributed by atoms with Gasteiger partial charge in [0.25, 0.3) is 0 Å². The van der Waals surface area contributed by atoms with Crippen molar-refractivity contribution in [3.05, 3.63) is 28.2 Å². The van der Waals surface area contributed by atoms with Gasteiger partial charge >= 0.3 is 0 Å². The Labute approximate surface area is 98.6 Å². The number of anilines is 1. The molecular formula is C12H13BrN2. The van der Waals surface area contributed by atoms with Crippen molar-refractivity contribution >= 4 is 21.6 Å². The number of halogens is 1. The number of rotatable bonds is 1. The van der Waals surface area contributed by atoms with Gasteiger partial charge in [0.15, 0.2) is 0 Å². The van der Waals surface area contributed by atoms with Crippen LogP contribution in [0.3, 0.4) is 0 Å². The van der Waals surface area contributed by atoms with Crippen LogP contribution in [0.4, 0.5) is 5.69 Å². The van der Waals surface area contributed by atoms with Crippen LogP contribution in [-0.2, 0) is 0 Å². The Morgan fingerprint density at radius 1 is 1.20 bits per heavy atom. The Morgan fingerprint density at radius 3 is 2.60 bits per heavy atom. The van der Waals surface area contributed by atoms with E-state index in [1.807, 2.05) is 18.2 Å². The van der Waals surface area contributed by atoms with E-state index in [9.17, 15) is 0 Å². The lowest BCUT2D eigenvalue weighted by molar-refractivity contribution is 0.577. The molecule has 78 valence electrons. The van der Waals surface area contributed by atoms with E-state index < -0.39 is 0 Å². The van der Waals surface area contributed by atoms with Crippen LogP contribution in [-0.4, -0.2) is 13.1 Å². The first-order valence-corrected chi connectivity index (χ1v) is 6.06. The second-order valence-corrected chi connectivity index (χ2v) is 4.65. The highest BCUT2D eigenvalue weighted by molar-refractivity contribution is 9.10. The fourth-order valence-corrected chi connectivity index (χ4v) is 2.47. The molecule has 0 aliphatic carbocycles. The third-order valence-corrected chi connectivity index (χ3v) is 3.46. The fraction of sp³-hybridized carbons (Fsp3) is 0.417. The van der Waals surface area contributed by atoms with Crippen LogP contribution in [0.5, 0.6) is 0 Å². The zero-order chi connectivity index (χ0) is 10.7. The monoisotopic (exact) mass is 264 g/mol. The third kappa shape index (κ3) is 2.15. The lowest BCUT2D eigenvalue weighted by Gasteiger charge is -2.29. The van der Waals surface area contributed by atoms with Crippen molar-refractivity contribution in [3.63, 3.8) is 0 Å². The largest absolute Gasteiger partial charge is 0.370 e. The van der Waals surface area contributed by atoms with E-state index in [1.54, 1.807) is 0 Å². The minimum absolute atomic E-state index is 0.763. The molecule has 1 aromatic rings. The van der Waals surface area contributed by atoms with Gasteiger partial charge in [-0.3, -0.25) is 0 Å². The van der Waals surface area contributed by atoms with E-state index in [2.05, 4.69) is 26.9 Å². The zero-order valence-corrected chi connectivity index (χ0v) is 10.1. The van der Waals surface area contributed by atoms with E-state index in [4.69, 9.17) is 5.26 Å². The van der Waals surface area contributed by atoms with Crippen LogP contribution in [0.1, 0.15) is 24.8 Å². The first kappa shape index (κ1) is 10.5. The summed E-state index contributed by atoms with van der Waals surface area (Å²) in [4.78, 5) is 2.31. The summed E-state index contributed by atoms with van der Waals surface area (Å²) in [5, 5.41) is 9.12. The highest BCUT2D eigenvalue weighted by Crippen LogP contribution is 2.28. The van der Waals surface area contributed by atoms with Crippen molar-refractivity contribution in [2.45, 2.75) is 19.3 Å². The van der Waals surface area contributed by atoms with Gasteiger partial charge in [0, 0.05) is 17.6 Å². The Morgan fingerprint density at radius 2 is 1.93 bits per heavy atom. The molecule has 0 aromatic heterocycles. The maximum Gasteiger partial charge on any atom is 0.103 e. The quantitative estimate of drug-likeness (QED) is 0.778. The lowest BCUT2D eigenvalue weighted by Crippen LogP contribution is -2.30. The van der Waals surface area contributed by atoms with Gasteiger partial charge in [-0.05, 0) is 47.3 Å². The van der Waals surface area contributed by atoms with Crippen molar-refractivity contribution in [1.29, 1.82) is 5.26 Å². The van der Waals surface area contributed by atoms with Gasteiger partial charge in [-0.15, -0.1) is 0 Å². The van der Waals surface area contributed by atoms with Crippen LogP contribution in [0.2, 0.25) is 0 Å². The van der Waals surface area contributed by atoms with Gasteiger partial charge in [-0.25, -0.2) is 0 Å². The van der Waals surface area contributed by atoms with Gasteiger partial charge in [0.1, 0.15) is 6.07 Å². The summed E-state index contributed by atoms with van der Waals surface area (Å²) >= 11 is 3.42. The molecule has 0 saturated carbocycles. The topological polar surface area (TPSA) is 27.0 Å². The molecule has 0 bridgehead atoms. The minimum atomic E-state index is 0.763. The number of hydrogen-bond acceptors (Lipinski definition) is 2. The second kappa shape index (κ2) is 4.67. The average molecular weight is 265 g/mol. The Hall–Kier alpha value is -1.01. The first-order valence-electron chi connectivity index (χ1n) is 5.26. The second-order valence-electron chi connectivity index (χ2n) is 3.79. The third-order valence-electron chi connectivity index (χ3n) is 2.80. The zero-order valence-electron chi connectivity index (χ0n) is 8.54. The molecule has 0 N–H and O–H groups in total. The van der Waals surface area contributed by atoms with Crippen molar-refractivity contribution in [1.82, 2.24) is 0 Å². The Balaban J connectivity index is 2.34. The summed E-state index contributed by atoms with van der Waals surface area (Å²) in [7, 11) is 0. The molecule has 0 atom stereocenters. The molecule has 2 rings (SSSR count). The van der Waals surface area contributed by atoms with E-state index in [-0.39, 0.29) is 0 Å². The molecule has 1 aliphatic rings. The normalized spacial score (nSPS) is 16.1. The van der Waals surface area contributed by atoms with Crippen LogP contribution in [0.25, 0.3) is 0 Å². The highest BCUT2D eigenvalue weighted by atomic mass is 79.9. The summed E-state index contributed by atoms with van der Waals surface area (Å²) in [6.45, 7) is 2.15. The van der Waals surface area contributed by atoms with Crippen molar-refractivity contribution in [2.24, 2.45) is 0 Å². The average Bonchev–Trinajstić information content (AvgIpc) is 2.30. The Kier molecular flexibility index (Phi) is 3.27.